The van der Waals surface area contributed by atoms with Crippen LogP contribution >= 0.6 is 0 Å². The Morgan fingerprint density at radius 2 is 1.80 bits per heavy atom. The zero-order chi connectivity index (χ0) is 25.8. The SMILES string of the molecule is CCCC(C=O)n1cc2c(CC=O)c(-c3ccc(C(C)(CN)C(=O)OC(C)(C)C)cc3)ccc2n1. The van der Waals surface area contributed by atoms with Gasteiger partial charge in [0, 0.05) is 24.5 Å². The van der Waals surface area contributed by atoms with Crippen molar-refractivity contribution in [3.05, 3.63) is 53.7 Å². The highest BCUT2D eigenvalue weighted by Crippen LogP contribution is 2.33. The standard InChI is InChI=1S/C28H35N3O4/c1-6-7-21(17-33)31-16-24-23(14-15-32)22(12-13-25(24)30-31)19-8-10-20(11-9-19)28(5,18-29)26(34)35-27(2,3)4/h8-13,15-17,21H,6-7,14,18,29H2,1-5H3. The quantitative estimate of drug-likeness (QED) is 0.339. The molecule has 2 aromatic carbocycles. The van der Waals surface area contributed by atoms with Crippen LogP contribution < -0.4 is 5.73 Å². The maximum Gasteiger partial charge on any atom is 0.318 e. The number of esters is 1. The molecule has 2 atom stereocenters. The van der Waals surface area contributed by atoms with Gasteiger partial charge in [-0.2, -0.15) is 5.10 Å². The fourth-order valence-corrected chi connectivity index (χ4v) is 4.20. The minimum absolute atomic E-state index is 0.110. The highest BCUT2D eigenvalue weighted by Gasteiger charge is 2.37. The lowest BCUT2D eigenvalue weighted by Crippen LogP contribution is -2.44. The highest BCUT2D eigenvalue weighted by atomic mass is 16.6. The molecule has 0 aliphatic rings. The molecule has 0 saturated heterocycles. The van der Waals surface area contributed by atoms with Gasteiger partial charge in [-0.25, -0.2) is 0 Å². The minimum Gasteiger partial charge on any atom is -0.459 e. The molecule has 3 rings (SSSR count). The van der Waals surface area contributed by atoms with Crippen LogP contribution in [0.3, 0.4) is 0 Å². The topological polar surface area (TPSA) is 104 Å². The summed E-state index contributed by atoms with van der Waals surface area (Å²) in [5.41, 5.74) is 8.59. The number of hydrogen-bond acceptors (Lipinski definition) is 6. The number of hydrogen-bond donors (Lipinski definition) is 1. The first-order chi connectivity index (χ1) is 16.6. The number of fused-ring (bicyclic) bond motifs is 1. The fourth-order valence-electron chi connectivity index (χ4n) is 4.20. The van der Waals surface area contributed by atoms with E-state index in [1.807, 2.05) is 70.3 Å². The van der Waals surface area contributed by atoms with Gasteiger partial charge in [0.2, 0.25) is 0 Å². The lowest BCUT2D eigenvalue weighted by molar-refractivity contribution is -0.161. The summed E-state index contributed by atoms with van der Waals surface area (Å²) in [7, 11) is 0. The number of aromatic nitrogens is 2. The fraction of sp³-hybridized carbons (Fsp3) is 0.429. The van der Waals surface area contributed by atoms with Crippen LogP contribution in [0.4, 0.5) is 0 Å². The van der Waals surface area contributed by atoms with E-state index in [2.05, 4.69) is 5.10 Å². The van der Waals surface area contributed by atoms with Crippen LogP contribution in [-0.4, -0.2) is 40.5 Å². The van der Waals surface area contributed by atoms with E-state index >= 15 is 0 Å². The van der Waals surface area contributed by atoms with Gasteiger partial charge in [0.05, 0.1) is 5.52 Å². The molecule has 2 unspecified atom stereocenters. The number of carbonyl (C=O) groups excluding carboxylic acids is 3. The second kappa shape index (κ2) is 10.5. The van der Waals surface area contributed by atoms with E-state index < -0.39 is 11.0 Å². The zero-order valence-electron chi connectivity index (χ0n) is 21.2. The summed E-state index contributed by atoms with van der Waals surface area (Å²) < 4.78 is 7.31. The molecule has 1 aromatic heterocycles. The number of nitrogens with zero attached hydrogens (tertiary/aromatic N) is 2. The van der Waals surface area contributed by atoms with Gasteiger partial charge >= 0.3 is 5.97 Å². The molecule has 0 fully saturated rings. The highest BCUT2D eigenvalue weighted by molar-refractivity contribution is 5.91. The zero-order valence-corrected chi connectivity index (χ0v) is 21.2. The molecular weight excluding hydrogens is 442 g/mol. The monoisotopic (exact) mass is 477 g/mol. The van der Waals surface area contributed by atoms with Gasteiger partial charge in [-0.05, 0) is 62.4 Å². The van der Waals surface area contributed by atoms with Crippen molar-refractivity contribution in [2.45, 2.75) is 70.9 Å². The summed E-state index contributed by atoms with van der Waals surface area (Å²) in [6, 6.07) is 11.1. The number of carbonyl (C=O) groups is 3. The molecular formula is C28H35N3O4. The van der Waals surface area contributed by atoms with Gasteiger partial charge in [0.25, 0.3) is 0 Å². The molecule has 0 bridgehead atoms. The van der Waals surface area contributed by atoms with Crippen molar-refractivity contribution in [2.24, 2.45) is 5.73 Å². The minimum atomic E-state index is -0.981. The van der Waals surface area contributed by atoms with E-state index in [1.165, 1.54) is 0 Å². The first kappa shape index (κ1) is 26.3. The second-order valence-electron chi connectivity index (χ2n) is 10.1. The van der Waals surface area contributed by atoms with Crippen molar-refractivity contribution in [3.8, 4) is 11.1 Å². The van der Waals surface area contributed by atoms with E-state index in [-0.39, 0.29) is 25.0 Å². The molecule has 0 spiro atoms. The maximum absolute atomic E-state index is 12.9. The number of nitrogens with two attached hydrogens (primary N) is 1. The Hall–Kier alpha value is -3.32. The van der Waals surface area contributed by atoms with Crippen molar-refractivity contribution in [1.82, 2.24) is 9.78 Å². The third-order valence-corrected chi connectivity index (χ3v) is 6.28. The van der Waals surface area contributed by atoms with E-state index in [9.17, 15) is 14.4 Å². The van der Waals surface area contributed by atoms with Gasteiger partial charge in [0.15, 0.2) is 0 Å². The van der Waals surface area contributed by atoms with Crippen LogP contribution in [0.5, 0.6) is 0 Å². The molecule has 0 radical (unpaired) electrons. The van der Waals surface area contributed by atoms with E-state index in [1.54, 1.807) is 11.6 Å². The third-order valence-electron chi connectivity index (χ3n) is 6.28. The normalized spacial score (nSPS) is 14.3. The van der Waals surface area contributed by atoms with Crippen molar-refractivity contribution in [3.63, 3.8) is 0 Å². The van der Waals surface area contributed by atoms with Gasteiger partial charge in [-0.15, -0.1) is 0 Å². The molecule has 2 N–H and O–H groups in total. The van der Waals surface area contributed by atoms with Crippen LogP contribution in [-0.2, 0) is 31.0 Å². The molecule has 0 amide bonds. The summed E-state index contributed by atoms with van der Waals surface area (Å²) in [4.78, 5) is 36.0. The predicted molar refractivity (Wildman–Crippen MR) is 137 cm³/mol. The number of aldehydes is 2. The summed E-state index contributed by atoms with van der Waals surface area (Å²) >= 11 is 0. The smallest absolute Gasteiger partial charge is 0.318 e. The average Bonchev–Trinajstić information content (AvgIpc) is 3.26. The Balaban J connectivity index is 2.03. The van der Waals surface area contributed by atoms with E-state index in [0.717, 1.165) is 52.1 Å². The van der Waals surface area contributed by atoms with E-state index in [4.69, 9.17) is 10.5 Å². The Morgan fingerprint density at radius 3 is 2.34 bits per heavy atom. The van der Waals surface area contributed by atoms with Crippen molar-refractivity contribution >= 4 is 29.4 Å². The van der Waals surface area contributed by atoms with Crippen LogP contribution in [0.1, 0.15) is 64.6 Å². The molecule has 0 aliphatic carbocycles. The lowest BCUT2D eigenvalue weighted by Gasteiger charge is -2.31. The molecule has 0 saturated carbocycles. The maximum atomic E-state index is 12.9. The van der Waals surface area contributed by atoms with Crippen LogP contribution in [0.25, 0.3) is 22.0 Å². The Kier molecular flexibility index (Phi) is 7.90. The van der Waals surface area contributed by atoms with Crippen LogP contribution in [0, 0.1) is 0 Å². The second-order valence-corrected chi connectivity index (χ2v) is 10.1. The molecule has 7 nitrogen and oxygen atoms in total. The van der Waals surface area contributed by atoms with Crippen molar-refractivity contribution < 1.29 is 19.1 Å². The summed E-state index contributed by atoms with van der Waals surface area (Å²) in [6.07, 6.45) is 5.43. The first-order valence-corrected chi connectivity index (χ1v) is 12.0. The largest absolute Gasteiger partial charge is 0.459 e. The van der Waals surface area contributed by atoms with Crippen molar-refractivity contribution in [2.75, 3.05) is 6.54 Å². The van der Waals surface area contributed by atoms with Gasteiger partial charge in [0.1, 0.15) is 29.6 Å². The molecule has 3 aromatic rings. The van der Waals surface area contributed by atoms with Crippen LogP contribution in [0.15, 0.2) is 42.6 Å². The Bertz CT molecular complexity index is 1210. The Labute approximate surface area is 206 Å². The first-order valence-electron chi connectivity index (χ1n) is 12.0. The number of rotatable bonds is 10. The van der Waals surface area contributed by atoms with Gasteiger partial charge in [-0.3, -0.25) is 9.48 Å². The number of ether oxygens (including phenoxy) is 1. The molecule has 0 aliphatic heterocycles. The van der Waals surface area contributed by atoms with E-state index in [0.29, 0.717) is 6.42 Å². The van der Waals surface area contributed by atoms with Gasteiger partial charge < -0.3 is 20.1 Å². The number of benzene rings is 2. The molecule has 186 valence electrons. The van der Waals surface area contributed by atoms with Crippen molar-refractivity contribution in [1.29, 1.82) is 0 Å². The summed E-state index contributed by atoms with van der Waals surface area (Å²) in [6.45, 7) is 9.41. The summed E-state index contributed by atoms with van der Waals surface area (Å²) in [5, 5.41) is 5.44. The Morgan fingerprint density at radius 1 is 1.11 bits per heavy atom. The van der Waals surface area contributed by atoms with Gasteiger partial charge in [-0.1, -0.05) is 43.7 Å². The van der Waals surface area contributed by atoms with Crippen LogP contribution in [0.2, 0.25) is 0 Å². The molecule has 35 heavy (non-hydrogen) atoms. The average molecular weight is 478 g/mol. The third kappa shape index (κ3) is 5.51. The predicted octanol–water partition coefficient (Wildman–Crippen LogP) is 4.54. The lowest BCUT2D eigenvalue weighted by atomic mass is 9.81. The summed E-state index contributed by atoms with van der Waals surface area (Å²) in [5.74, 6) is -0.368. The molecule has 1 heterocycles. The molecule has 7 heteroatoms.